The molecule has 0 aliphatic carbocycles. The van der Waals surface area contributed by atoms with Gasteiger partial charge in [-0.1, -0.05) is 0 Å². The van der Waals surface area contributed by atoms with E-state index >= 15 is 0 Å². The molecule has 1 unspecified atom stereocenters. The molecule has 2 aromatic rings. The summed E-state index contributed by atoms with van der Waals surface area (Å²) in [4.78, 5) is 11.5. The highest BCUT2D eigenvalue weighted by Crippen LogP contribution is 2.23. The third kappa shape index (κ3) is 2.95. The van der Waals surface area contributed by atoms with Gasteiger partial charge in [-0.2, -0.15) is 0 Å². The Morgan fingerprint density at radius 2 is 2.38 bits per heavy atom. The first kappa shape index (κ1) is 14.1. The molecule has 21 heavy (non-hydrogen) atoms. The summed E-state index contributed by atoms with van der Waals surface area (Å²) in [6.07, 6.45) is 8.36. The van der Waals surface area contributed by atoms with Gasteiger partial charge in [0.1, 0.15) is 5.82 Å². The zero-order valence-corrected chi connectivity index (χ0v) is 12.7. The number of hydrogen-bond acceptors (Lipinski definition) is 5. The number of nitrogens with zero attached hydrogens (tertiary/aromatic N) is 4. The maximum atomic E-state index is 5.77. The number of fused-ring (bicyclic) bond motifs is 1. The van der Waals surface area contributed by atoms with E-state index in [0.717, 1.165) is 56.4 Å². The highest BCUT2D eigenvalue weighted by Gasteiger charge is 2.21. The van der Waals surface area contributed by atoms with Gasteiger partial charge in [-0.05, 0) is 26.7 Å². The van der Waals surface area contributed by atoms with Crippen LogP contribution >= 0.6 is 0 Å². The minimum absolute atomic E-state index is 0.310. The van der Waals surface area contributed by atoms with Crippen molar-refractivity contribution in [2.24, 2.45) is 0 Å². The number of hydrogen-bond donors (Lipinski definition) is 1. The number of imidazole rings is 1. The molecule has 1 fully saturated rings. The first-order chi connectivity index (χ1) is 10.3. The van der Waals surface area contributed by atoms with Crippen LogP contribution in [0.5, 0.6) is 0 Å². The standard InChI is InChI=1S/C15H23N5O/c1-3-16-13-11-20-8-7-17-14(20)15(18-13)19(4-2)10-12-6-5-9-21-12/h7-8,11-12,16H,3-6,9-10H2,1-2H3. The second-order valence-electron chi connectivity index (χ2n) is 5.31. The predicted molar refractivity (Wildman–Crippen MR) is 84.0 cm³/mol. The van der Waals surface area contributed by atoms with E-state index in [2.05, 4.69) is 29.0 Å². The SMILES string of the molecule is CCNc1cn2ccnc2c(N(CC)CC2CCCO2)n1. The number of rotatable bonds is 6. The number of anilines is 2. The normalized spacial score (nSPS) is 18.3. The average molecular weight is 289 g/mol. The molecule has 0 radical (unpaired) electrons. The van der Waals surface area contributed by atoms with Crippen molar-refractivity contribution in [1.29, 1.82) is 0 Å². The lowest BCUT2D eigenvalue weighted by atomic mass is 10.2. The van der Waals surface area contributed by atoms with Crippen LogP contribution in [0.2, 0.25) is 0 Å². The number of aromatic nitrogens is 3. The van der Waals surface area contributed by atoms with Gasteiger partial charge in [0.05, 0.1) is 12.3 Å². The number of likely N-dealkylation sites (N-methyl/N-ethyl adjacent to an activating group) is 1. The van der Waals surface area contributed by atoms with Gasteiger partial charge in [-0.25, -0.2) is 9.97 Å². The molecule has 0 aromatic carbocycles. The van der Waals surface area contributed by atoms with Crippen LogP contribution < -0.4 is 10.2 Å². The molecule has 0 spiro atoms. The van der Waals surface area contributed by atoms with E-state index in [1.807, 2.05) is 23.0 Å². The van der Waals surface area contributed by atoms with Crippen LogP contribution in [0.4, 0.5) is 11.6 Å². The highest BCUT2D eigenvalue weighted by atomic mass is 16.5. The van der Waals surface area contributed by atoms with Gasteiger partial charge < -0.3 is 19.4 Å². The first-order valence-corrected chi connectivity index (χ1v) is 7.76. The summed E-state index contributed by atoms with van der Waals surface area (Å²) in [5, 5.41) is 3.28. The summed E-state index contributed by atoms with van der Waals surface area (Å²) >= 11 is 0. The molecular weight excluding hydrogens is 266 g/mol. The van der Waals surface area contributed by atoms with Crippen molar-refractivity contribution in [3.05, 3.63) is 18.6 Å². The van der Waals surface area contributed by atoms with Crippen LogP contribution in [-0.2, 0) is 4.74 Å². The molecule has 3 rings (SSSR count). The van der Waals surface area contributed by atoms with Crippen molar-refractivity contribution in [1.82, 2.24) is 14.4 Å². The van der Waals surface area contributed by atoms with Gasteiger partial charge in [-0.3, -0.25) is 0 Å². The average Bonchev–Trinajstić information content (AvgIpc) is 3.15. The molecule has 3 heterocycles. The Labute approximate surface area is 125 Å². The van der Waals surface area contributed by atoms with E-state index in [9.17, 15) is 0 Å². The summed E-state index contributed by atoms with van der Waals surface area (Å²) < 4.78 is 7.79. The lowest BCUT2D eigenvalue weighted by Gasteiger charge is -2.25. The molecule has 2 aromatic heterocycles. The summed E-state index contributed by atoms with van der Waals surface area (Å²) in [6, 6.07) is 0. The Morgan fingerprint density at radius 1 is 1.48 bits per heavy atom. The quantitative estimate of drug-likeness (QED) is 0.883. The monoisotopic (exact) mass is 289 g/mol. The number of nitrogens with one attached hydrogen (secondary N) is 1. The molecule has 1 N–H and O–H groups in total. The molecule has 0 saturated carbocycles. The maximum Gasteiger partial charge on any atom is 0.180 e. The van der Waals surface area contributed by atoms with Crippen LogP contribution in [0.15, 0.2) is 18.6 Å². The van der Waals surface area contributed by atoms with Crippen molar-refractivity contribution in [3.8, 4) is 0 Å². The van der Waals surface area contributed by atoms with Crippen LogP contribution in [0, 0.1) is 0 Å². The van der Waals surface area contributed by atoms with Gasteiger partial charge in [0, 0.05) is 38.6 Å². The third-order valence-electron chi connectivity index (χ3n) is 3.84. The Bertz CT molecular complexity index is 591. The van der Waals surface area contributed by atoms with E-state index in [0.29, 0.717) is 6.10 Å². The summed E-state index contributed by atoms with van der Waals surface area (Å²) in [6.45, 7) is 7.72. The Hall–Kier alpha value is -1.82. The molecule has 0 amide bonds. The van der Waals surface area contributed by atoms with Crippen molar-refractivity contribution < 1.29 is 4.74 Å². The predicted octanol–water partition coefficient (Wildman–Crippen LogP) is 2.17. The fourth-order valence-corrected chi connectivity index (χ4v) is 2.79. The van der Waals surface area contributed by atoms with Gasteiger partial charge in [0.2, 0.25) is 0 Å². The second-order valence-corrected chi connectivity index (χ2v) is 5.31. The van der Waals surface area contributed by atoms with Gasteiger partial charge in [0.25, 0.3) is 0 Å². The lowest BCUT2D eigenvalue weighted by molar-refractivity contribution is 0.115. The van der Waals surface area contributed by atoms with E-state index < -0.39 is 0 Å². The topological polar surface area (TPSA) is 54.7 Å². The van der Waals surface area contributed by atoms with Crippen molar-refractivity contribution in [2.45, 2.75) is 32.8 Å². The van der Waals surface area contributed by atoms with Crippen LogP contribution in [-0.4, -0.2) is 46.7 Å². The van der Waals surface area contributed by atoms with Crippen LogP contribution in [0.3, 0.4) is 0 Å². The lowest BCUT2D eigenvalue weighted by Crippen LogP contribution is -2.33. The summed E-state index contributed by atoms with van der Waals surface area (Å²) in [5.41, 5.74) is 0.900. The van der Waals surface area contributed by atoms with E-state index in [4.69, 9.17) is 9.72 Å². The van der Waals surface area contributed by atoms with E-state index in [1.165, 1.54) is 0 Å². The minimum Gasteiger partial charge on any atom is -0.376 e. The molecule has 1 aliphatic rings. The van der Waals surface area contributed by atoms with E-state index in [-0.39, 0.29) is 0 Å². The smallest absolute Gasteiger partial charge is 0.180 e. The van der Waals surface area contributed by atoms with Gasteiger partial charge >= 0.3 is 0 Å². The highest BCUT2D eigenvalue weighted by molar-refractivity contribution is 5.66. The largest absolute Gasteiger partial charge is 0.376 e. The second kappa shape index (κ2) is 6.30. The fourth-order valence-electron chi connectivity index (χ4n) is 2.79. The molecule has 1 aliphatic heterocycles. The zero-order chi connectivity index (χ0) is 14.7. The molecule has 0 bridgehead atoms. The Kier molecular flexibility index (Phi) is 4.24. The van der Waals surface area contributed by atoms with Crippen molar-refractivity contribution in [3.63, 3.8) is 0 Å². The van der Waals surface area contributed by atoms with Crippen molar-refractivity contribution in [2.75, 3.05) is 36.5 Å². The summed E-state index contributed by atoms with van der Waals surface area (Å²) in [5.74, 6) is 1.81. The van der Waals surface area contributed by atoms with Crippen LogP contribution in [0.25, 0.3) is 5.65 Å². The maximum absolute atomic E-state index is 5.77. The Morgan fingerprint density at radius 3 is 3.10 bits per heavy atom. The zero-order valence-electron chi connectivity index (χ0n) is 12.7. The first-order valence-electron chi connectivity index (χ1n) is 7.76. The van der Waals surface area contributed by atoms with Gasteiger partial charge in [-0.15, -0.1) is 0 Å². The van der Waals surface area contributed by atoms with Gasteiger partial charge in [0.15, 0.2) is 11.5 Å². The molecular formula is C15H23N5O. The minimum atomic E-state index is 0.310. The molecule has 114 valence electrons. The third-order valence-corrected chi connectivity index (χ3v) is 3.84. The number of ether oxygens (including phenoxy) is 1. The molecule has 1 atom stereocenters. The molecule has 6 nitrogen and oxygen atoms in total. The molecule has 1 saturated heterocycles. The van der Waals surface area contributed by atoms with Crippen molar-refractivity contribution >= 4 is 17.3 Å². The van der Waals surface area contributed by atoms with E-state index in [1.54, 1.807) is 0 Å². The summed E-state index contributed by atoms with van der Waals surface area (Å²) in [7, 11) is 0. The molecule has 6 heteroatoms. The Balaban J connectivity index is 1.93. The van der Waals surface area contributed by atoms with Crippen LogP contribution in [0.1, 0.15) is 26.7 Å². The fraction of sp³-hybridized carbons (Fsp3) is 0.600.